The maximum Gasteiger partial charge on any atom is 0.341 e. The zero-order valence-electron chi connectivity index (χ0n) is 17.2. The normalized spacial score (nSPS) is 15.0. The first-order valence-corrected chi connectivity index (χ1v) is 11.3. The smallest absolute Gasteiger partial charge is 0.341 e. The van der Waals surface area contributed by atoms with E-state index in [0.717, 1.165) is 24.8 Å². The van der Waals surface area contributed by atoms with Gasteiger partial charge in [0.25, 0.3) is 0 Å². The van der Waals surface area contributed by atoms with Gasteiger partial charge in [0.1, 0.15) is 5.75 Å². The van der Waals surface area contributed by atoms with E-state index in [1.165, 1.54) is 22.3 Å². The first kappa shape index (κ1) is 21.2. The molecule has 2 N–H and O–H groups in total. The fraction of sp³-hybridized carbons (Fsp3) is 0.192. The highest BCUT2D eigenvalue weighted by atomic mass is 32.2. The van der Waals surface area contributed by atoms with Crippen molar-refractivity contribution in [2.45, 2.75) is 25.3 Å². The monoisotopic (exact) mass is 431 g/mol. The molecule has 0 saturated heterocycles. The SMILES string of the molecule is O=C(O)COc1cccc2c1CCCC2NSC=C(c1ccccc1)c1ccccc1. The van der Waals surface area contributed by atoms with E-state index >= 15 is 0 Å². The molecule has 4 nitrogen and oxygen atoms in total. The molecule has 0 saturated carbocycles. The lowest BCUT2D eigenvalue weighted by Crippen LogP contribution is -2.21. The van der Waals surface area contributed by atoms with Crippen molar-refractivity contribution in [3.8, 4) is 5.75 Å². The molecule has 0 radical (unpaired) electrons. The molecule has 0 aromatic heterocycles. The van der Waals surface area contributed by atoms with Gasteiger partial charge in [0.05, 0.1) is 0 Å². The summed E-state index contributed by atoms with van der Waals surface area (Å²) in [5, 5.41) is 11.1. The molecule has 3 aromatic carbocycles. The van der Waals surface area contributed by atoms with E-state index in [4.69, 9.17) is 9.84 Å². The minimum atomic E-state index is -0.960. The van der Waals surface area contributed by atoms with E-state index in [1.807, 2.05) is 24.3 Å². The summed E-state index contributed by atoms with van der Waals surface area (Å²) in [6.07, 6.45) is 2.97. The molecule has 0 heterocycles. The van der Waals surface area contributed by atoms with E-state index in [9.17, 15) is 4.79 Å². The molecule has 1 unspecified atom stereocenters. The molecular formula is C26H25NO3S. The van der Waals surface area contributed by atoms with Gasteiger partial charge in [-0.25, -0.2) is 4.79 Å². The highest BCUT2D eigenvalue weighted by Gasteiger charge is 2.23. The maximum atomic E-state index is 10.9. The molecule has 0 fully saturated rings. The van der Waals surface area contributed by atoms with Crippen molar-refractivity contribution in [3.05, 3.63) is 107 Å². The number of aliphatic carboxylic acids is 1. The summed E-state index contributed by atoms with van der Waals surface area (Å²) in [7, 11) is 0. The Kier molecular flexibility index (Phi) is 7.07. The number of hydrogen-bond acceptors (Lipinski definition) is 4. The minimum Gasteiger partial charge on any atom is -0.482 e. The van der Waals surface area contributed by atoms with Crippen LogP contribution in [0.5, 0.6) is 5.75 Å². The third-order valence-electron chi connectivity index (χ3n) is 5.37. The van der Waals surface area contributed by atoms with Crippen molar-refractivity contribution in [1.82, 2.24) is 4.72 Å². The fourth-order valence-electron chi connectivity index (χ4n) is 3.93. The summed E-state index contributed by atoms with van der Waals surface area (Å²) in [5.74, 6) is -0.278. The summed E-state index contributed by atoms with van der Waals surface area (Å²) in [6.45, 7) is -0.316. The minimum absolute atomic E-state index is 0.186. The molecule has 1 aliphatic carbocycles. The van der Waals surface area contributed by atoms with Crippen LogP contribution in [0.15, 0.2) is 84.3 Å². The molecule has 158 valence electrons. The summed E-state index contributed by atoms with van der Waals surface area (Å²) >= 11 is 1.60. The topological polar surface area (TPSA) is 58.6 Å². The summed E-state index contributed by atoms with van der Waals surface area (Å²) < 4.78 is 9.13. The molecule has 1 atom stereocenters. The van der Waals surface area contributed by atoms with Crippen molar-refractivity contribution in [3.63, 3.8) is 0 Å². The van der Waals surface area contributed by atoms with E-state index in [1.54, 1.807) is 11.9 Å². The van der Waals surface area contributed by atoms with Crippen LogP contribution in [-0.2, 0) is 11.2 Å². The Balaban J connectivity index is 1.53. The van der Waals surface area contributed by atoms with Crippen LogP contribution in [0.4, 0.5) is 0 Å². The van der Waals surface area contributed by atoms with Crippen LogP contribution in [0.3, 0.4) is 0 Å². The number of carboxylic acids is 1. The van der Waals surface area contributed by atoms with E-state index in [-0.39, 0.29) is 12.6 Å². The van der Waals surface area contributed by atoms with Gasteiger partial charge in [-0.15, -0.1) is 0 Å². The second-order valence-electron chi connectivity index (χ2n) is 7.45. The average molecular weight is 432 g/mol. The van der Waals surface area contributed by atoms with E-state index in [0.29, 0.717) is 5.75 Å². The summed E-state index contributed by atoms with van der Waals surface area (Å²) in [5.41, 5.74) is 5.83. The van der Waals surface area contributed by atoms with Gasteiger partial charge in [-0.1, -0.05) is 84.7 Å². The molecule has 5 heteroatoms. The van der Waals surface area contributed by atoms with E-state index in [2.05, 4.69) is 64.7 Å². The number of nitrogens with one attached hydrogen (secondary N) is 1. The molecule has 31 heavy (non-hydrogen) atoms. The predicted molar refractivity (Wildman–Crippen MR) is 126 cm³/mol. The first-order valence-electron chi connectivity index (χ1n) is 10.4. The van der Waals surface area contributed by atoms with Crippen LogP contribution in [-0.4, -0.2) is 17.7 Å². The van der Waals surface area contributed by atoms with Gasteiger partial charge in [0.2, 0.25) is 0 Å². The second-order valence-corrected chi connectivity index (χ2v) is 8.16. The van der Waals surface area contributed by atoms with Crippen molar-refractivity contribution < 1.29 is 14.6 Å². The average Bonchev–Trinajstić information content (AvgIpc) is 2.81. The Morgan fingerprint density at radius 2 is 1.68 bits per heavy atom. The van der Waals surface area contributed by atoms with Gasteiger partial charge in [0, 0.05) is 6.04 Å². The van der Waals surface area contributed by atoms with Crippen molar-refractivity contribution in [1.29, 1.82) is 0 Å². The first-order chi connectivity index (χ1) is 15.2. The van der Waals surface area contributed by atoms with Gasteiger partial charge >= 0.3 is 5.97 Å². The molecule has 0 spiro atoms. The maximum absolute atomic E-state index is 10.9. The Bertz CT molecular complexity index is 1010. The van der Waals surface area contributed by atoms with Gasteiger partial charge < -0.3 is 9.84 Å². The highest BCUT2D eigenvalue weighted by molar-refractivity contribution is 8.00. The van der Waals surface area contributed by atoms with Crippen LogP contribution in [0.2, 0.25) is 0 Å². The van der Waals surface area contributed by atoms with Gasteiger partial charge in [-0.2, -0.15) is 0 Å². The van der Waals surface area contributed by atoms with Crippen molar-refractivity contribution in [2.75, 3.05) is 6.61 Å². The summed E-state index contributed by atoms with van der Waals surface area (Å²) in [6, 6.07) is 26.9. The number of rotatable bonds is 8. The lowest BCUT2D eigenvalue weighted by Gasteiger charge is -2.27. The summed E-state index contributed by atoms with van der Waals surface area (Å²) in [4.78, 5) is 10.9. The van der Waals surface area contributed by atoms with Crippen molar-refractivity contribution in [2.24, 2.45) is 0 Å². The zero-order chi connectivity index (χ0) is 21.5. The second kappa shape index (κ2) is 10.3. The molecule has 0 bridgehead atoms. The van der Waals surface area contributed by atoms with Crippen LogP contribution < -0.4 is 9.46 Å². The van der Waals surface area contributed by atoms with Crippen LogP contribution in [0.1, 0.15) is 41.1 Å². The highest BCUT2D eigenvalue weighted by Crippen LogP contribution is 2.37. The molecule has 0 amide bonds. The largest absolute Gasteiger partial charge is 0.482 e. The fourth-order valence-corrected chi connectivity index (χ4v) is 4.79. The zero-order valence-corrected chi connectivity index (χ0v) is 18.0. The van der Waals surface area contributed by atoms with Gasteiger partial charge in [0.15, 0.2) is 6.61 Å². The standard InChI is InChI=1S/C26H25NO3S/c28-26(29)17-30-25-16-8-13-21-22(25)14-7-15-24(21)27-31-18-23(19-9-3-1-4-10-19)20-11-5-2-6-12-20/h1-6,8-13,16,18,24,27H,7,14-15,17H2,(H,28,29). The number of benzene rings is 3. The van der Waals surface area contributed by atoms with E-state index < -0.39 is 5.97 Å². The Hall–Kier alpha value is -3.02. The number of hydrogen-bond donors (Lipinski definition) is 2. The Labute approximate surface area is 187 Å². The molecule has 1 aliphatic rings. The third-order valence-corrected chi connectivity index (χ3v) is 6.15. The number of carbonyl (C=O) groups is 1. The quantitative estimate of drug-likeness (QED) is 0.438. The van der Waals surface area contributed by atoms with Crippen LogP contribution in [0.25, 0.3) is 5.57 Å². The molecule has 0 aliphatic heterocycles. The molecular weight excluding hydrogens is 406 g/mol. The lowest BCUT2D eigenvalue weighted by molar-refractivity contribution is -0.139. The Morgan fingerprint density at radius 1 is 1.00 bits per heavy atom. The molecule has 3 aromatic rings. The predicted octanol–water partition coefficient (Wildman–Crippen LogP) is 5.85. The van der Waals surface area contributed by atoms with Gasteiger partial charge in [-0.05, 0) is 58.6 Å². The number of carboxylic acid groups (broad SMARTS) is 1. The molecule has 4 rings (SSSR count). The van der Waals surface area contributed by atoms with Crippen LogP contribution >= 0.6 is 11.9 Å². The van der Waals surface area contributed by atoms with Crippen LogP contribution in [0, 0.1) is 0 Å². The third kappa shape index (κ3) is 5.37. The van der Waals surface area contributed by atoms with Crippen molar-refractivity contribution >= 4 is 23.5 Å². The number of ether oxygens (including phenoxy) is 1. The Morgan fingerprint density at radius 3 is 2.32 bits per heavy atom. The number of fused-ring (bicyclic) bond motifs is 1. The lowest BCUT2D eigenvalue weighted by atomic mass is 9.87. The van der Waals surface area contributed by atoms with Gasteiger partial charge in [-0.3, -0.25) is 4.72 Å².